The second-order valence-corrected chi connectivity index (χ2v) is 74.5. The van der Waals surface area contributed by atoms with Crippen LogP contribution in [0.1, 0.15) is 0 Å². The van der Waals surface area contributed by atoms with E-state index < -0.39 is 42.7 Å². The van der Waals surface area contributed by atoms with Gasteiger partial charge in [-0.2, -0.15) is 0 Å². The Labute approximate surface area is 459 Å². The lowest BCUT2D eigenvalue weighted by molar-refractivity contribution is 1.71. The lowest BCUT2D eigenvalue weighted by Gasteiger charge is -2.77. The van der Waals surface area contributed by atoms with Gasteiger partial charge < -0.3 is 0 Å². The molecule has 0 saturated carbocycles. The highest BCUT2D eigenvalue weighted by Crippen LogP contribution is 2.62. The van der Waals surface area contributed by atoms with Gasteiger partial charge in [-0.05, 0) is 66.8 Å². The second kappa shape index (κ2) is 14.5. The Balaban J connectivity index is 1.28. The molecule has 1 saturated heterocycles. The summed E-state index contributed by atoms with van der Waals surface area (Å²) in [7, 11) is -21.9. The highest BCUT2D eigenvalue weighted by atomic mass is 30.2. The topological polar surface area (TPSA) is 0 Å². The minimum absolute atomic E-state index is 1.50. The molecule has 7 aliphatic rings. The molecule has 0 radical (unpaired) electrons. The third-order valence-electron chi connectivity index (χ3n) is 21.1. The maximum absolute atomic E-state index is 3.65. The van der Waals surface area contributed by atoms with Crippen LogP contribution in [0.15, 0.2) is 291 Å². The van der Waals surface area contributed by atoms with E-state index in [1.54, 1.807) is 62.2 Å². The predicted molar refractivity (Wildman–Crippen MR) is 341 cm³/mol. The molecule has 6 heteroatoms. The van der Waals surface area contributed by atoms with E-state index in [9.17, 15) is 0 Å². The standard InChI is InChI=1S/C72H48Si6/c1-13-37-61-49(25-1)50-26-2-14-38-62(50)73(61)74(63-39-15-3-27-51(63)52-28-4-16-40-64(52)74)76(67-43-19-7-31-55(67)56-32-8-20-44-68(56)76)78(71-47-23-11-35-59(71)60-36-12-24-48-72(60)78)77(69-45-21-9-33-57(69)58-34-10-22-46-70(58)77)75(73)65-41-17-5-29-53(65)54-30-6-18-42-66(54)75/h1-48H. The molecule has 0 aromatic heterocycles. The number of rotatable bonds is 0. The molecule has 6 spiro atoms. The number of benzene rings is 12. The van der Waals surface area contributed by atoms with Crippen LogP contribution in [0.5, 0.6) is 0 Å². The Hall–Kier alpha value is -8.06. The monoisotopic (exact) mass is 1080 g/mol. The third kappa shape index (κ3) is 4.06. The lowest BCUT2D eigenvalue weighted by Crippen LogP contribution is -3.24. The van der Waals surface area contributed by atoms with E-state index in [4.69, 9.17) is 0 Å². The molecule has 1 fully saturated rings. The van der Waals surface area contributed by atoms with Crippen LogP contribution < -0.4 is 62.2 Å². The molecule has 0 bridgehead atoms. The summed E-state index contributed by atoms with van der Waals surface area (Å²) in [6.07, 6.45) is 0. The van der Waals surface area contributed by atoms with Crippen molar-refractivity contribution in [1.29, 1.82) is 0 Å². The minimum atomic E-state index is -3.65. The van der Waals surface area contributed by atoms with Gasteiger partial charge in [-0.15, -0.1) is 0 Å². The predicted octanol–water partition coefficient (Wildman–Crippen LogP) is 7.93. The summed E-state index contributed by atoms with van der Waals surface area (Å²) < 4.78 is 0. The van der Waals surface area contributed by atoms with E-state index >= 15 is 0 Å². The number of hydrogen-bond donors (Lipinski definition) is 0. The molecule has 0 aliphatic carbocycles. The first-order valence-electron chi connectivity index (χ1n) is 27.9. The maximum atomic E-state index is 2.79. The van der Waals surface area contributed by atoms with E-state index in [0.717, 1.165) is 0 Å². The number of hydrogen-bond acceptors (Lipinski definition) is 0. The minimum Gasteiger partial charge on any atom is -0.0625 e. The molecule has 12 aromatic rings. The normalized spacial score (nSPS) is 17.8. The first-order chi connectivity index (χ1) is 38.8. The fraction of sp³-hybridized carbons (Fsp3) is 0. The highest BCUT2D eigenvalue weighted by molar-refractivity contribution is 8.28. The van der Waals surface area contributed by atoms with Crippen LogP contribution in [-0.2, 0) is 0 Å². The summed E-state index contributed by atoms with van der Waals surface area (Å²) in [6.45, 7) is 0. The van der Waals surface area contributed by atoms with Gasteiger partial charge in [-0.1, -0.05) is 353 Å². The second-order valence-electron chi connectivity index (χ2n) is 23.0. The van der Waals surface area contributed by atoms with Gasteiger partial charge in [0.15, 0.2) is 0 Å². The molecule has 19 rings (SSSR count). The zero-order valence-electron chi connectivity index (χ0n) is 42.7. The van der Waals surface area contributed by atoms with Crippen LogP contribution in [0.4, 0.5) is 0 Å². The van der Waals surface area contributed by atoms with Crippen LogP contribution >= 0.6 is 0 Å². The van der Waals surface area contributed by atoms with Gasteiger partial charge in [-0.3, -0.25) is 0 Å². The summed E-state index contributed by atoms with van der Waals surface area (Å²) in [6, 6.07) is 123. The molecule has 7 aliphatic heterocycles. The maximum Gasteiger partial charge on any atom is 0.123 e. The van der Waals surface area contributed by atoms with Crippen molar-refractivity contribution in [2.24, 2.45) is 0 Å². The van der Waals surface area contributed by atoms with E-state index in [-0.39, 0.29) is 0 Å². The first kappa shape index (κ1) is 43.0. The lowest BCUT2D eigenvalue weighted by atomic mass is 10.1. The molecule has 78 heavy (non-hydrogen) atoms. The largest absolute Gasteiger partial charge is 0.123 e. The van der Waals surface area contributed by atoms with Crippen molar-refractivity contribution in [3.63, 3.8) is 0 Å². The summed E-state index contributed by atoms with van der Waals surface area (Å²) in [5, 5.41) is 20.8. The zero-order chi connectivity index (χ0) is 50.8. The molecular formula is C72H48Si6. The quantitative estimate of drug-likeness (QED) is 0.136. The molecule has 0 N–H and O–H groups in total. The van der Waals surface area contributed by atoms with Crippen LogP contribution in [0, 0.1) is 0 Å². The van der Waals surface area contributed by atoms with Crippen molar-refractivity contribution < 1.29 is 0 Å². The molecular weight excluding hydrogens is 1030 g/mol. The van der Waals surface area contributed by atoms with Gasteiger partial charge in [0.2, 0.25) is 0 Å². The SMILES string of the molecule is c1ccc2c(c1)-c1ccccc1[Si]21[Si]2(c3ccccc3-c3ccccc32)[Si]2(c3ccccc3-c3ccccc32)[Si]2(c3ccccc3-c3ccccc32)[Si]2(c3ccccc3-c3ccccc32)[Si]12c1ccccc1-c1ccccc12. The Morgan fingerprint density at radius 3 is 0.269 bits per heavy atom. The molecule has 360 valence electrons. The van der Waals surface area contributed by atoms with Crippen LogP contribution in [-0.4, -0.2) is 42.7 Å². The van der Waals surface area contributed by atoms with E-state index in [2.05, 4.69) is 291 Å². The van der Waals surface area contributed by atoms with Gasteiger partial charge in [0, 0.05) is 0 Å². The Kier molecular flexibility index (Phi) is 8.01. The van der Waals surface area contributed by atoms with Gasteiger partial charge in [0.25, 0.3) is 0 Å². The Morgan fingerprint density at radius 1 is 0.103 bits per heavy atom. The summed E-state index contributed by atoms with van der Waals surface area (Å²) in [5.41, 5.74) is 18.0. The van der Waals surface area contributed by atoms with E-state index in [1.807, 2.05) is 0 Å². The highest BCUT2D eigenvalue weighted by Gasteiger charge is 2.99. The molecule has 0 atom stereocenters. The van der Waals surface area contributed by atoms with Gasteiger partial charge in [-0.25, -0.2) is 0 Å². The van der Waals surface area contributed by atoms with Crippen molar-refractivity contribution in [2.75, 3.05) is 0 Å². The van der Waals surface area contributed by atoms with Crippen molar-refractivity contribution in [3.8, 4) is 66.8 Å². The number of fused-ring (bicyclic) bond motifs is 36. The average Bonchev–Trinajstić information content (AvgIpc) is 1.41. The van der Waals surface area contributed by atoms with Gasteiger partial charge in [0.05, 0.1) is 0 Å². The van der Waals surface area contributed by atoms with E-state index in [0.29, 0.717) is 0 Å². The molecule has 0 nitrogen and oxygen atoms in total. The fourth-order valence-electron chi connectivity index (χ4n) is 19.9. The van der Waals surface area contributed by atoms with Crippen molar-refractivity contribution in [2.45, 2.75) is 0 Å². The molecule has 0 unspecified atom stereocenters. The molecule has 0 amide bonds. The van der Waals surface area contributed by atoms with Crippen molar-refractivity contribution in [1.82, 2.24) is 0 Å². The smallest absolute Gasteiger partial charge is 0.0625 e. The van der Waals surface area contributed by atoms with Gasteiger partial charge in [0.1, 0.15) is 42.7 Å². The molecule has 12 aromatic carbocycles. The van der Waals surface area contributed by atoms with Gasteiger partial charge >= 0.3 is 0 Å². The summed E-state index contributed by atoms with van der Waals surface area (Å²) in [5.74, 6) is 0. The zero-order valence-corrected chi connectivity index (χ0v) is 48.7. The van der Waals surface area contributed by atoms with E-state index in [1.165, 1.54) is 66.8 Å². The van der Waals surface area contributed by atoms with Crippen LogP contribution in [0.2, 0.25) is 0 Å². The first-order valence-corrected chi connectivity index (χ1v) is 45.9. The Morgan fingerprint density at radius 2 is 0.179 bits per heavy atom. The average molecular weight is 1080 g/mol. The summed E-state index contributed by atoms with van der Waals surface area (Å²) in [4.78, 5) is 0. The Bertz CT molecular complexity index is 3640. The van der Waals surface area contributed by atoms with Crippen molar-refractivity contribution >= 4 is 105 Å². The van der Waals surface area contributed by atoms with Crippen molar-refractivity contribution in [3.05, 3.63) is 291 Å². The summed E-state index contributed by atoms with van der Waals surface area (Å²) >= 11 is 0. The molecule has 7 heterocycles. The fourth-order valence-corrected chi connectivity index (χ4v) is 242. The third-order valence-corrected chi connectivity index (χ3v) is 136. The van der Waals surface area contributed by atoms with Crippen LogP contribution in [0.3, 0.4) is 0 Å². The van der Waals surface area contributed by atoms with Crippen LogP contribution in [0.25, 0.3) is 66.8 Å².